The lowest BCUT2D eigenvalue weighted by atomic mass is 10.5. The van der Waals surface area contributed by atoms with Gasteiger partial charge in [0.1, 0.15) is 16.8 Å². The van der Waals surface area contributed by atoms with E-state index in [1.54, 1.807) is 6.92 Å². The van der Waals surface area contributed by atoms with Crippen molar-refractivity contribution in [3.63, 3.8) is 0 Å². The van der Waals surface area contributed by atoms with Crippen LogP contribution in [0, 0.1) is 6.92 Å². The predicted molar refractivity (Wildman–Crippen MR) is 111 cm³/mol. The molecular weight excluding hydrogens is 420 g/mol. The zero-order valence-electron chi connectivity index (χ0n) is 16.6. The van der Waals surface area contributed by atoms with Gasteiger partial charge < -0.3 is 9.47 Å². The molecule has 11 heteroatoms. The Labute approximate surface area is 171 Å². The summed E-state index contributed by atoms with van der Waals surface area (Å²) in [6.07, 6.45) is 2.88. The highest BCUT2D eigenvalue weighted by atomic mass is 35.5. The van der Waals surface area contributed by atoms with E-state index in [1.807, 2.05) is 0 Å². The van der Waals surface area contributed by atoms with Crippen molar-refractivity contribution < 1.29 is 17.9 Å². The maximum absolute atomic E-state index is 13.3. The van der Waals surface area contributed by atoms with E-state index in [0.29, 0.717) is 12.3 Å². The second-order valence-corrected chi connectivity index (χ2v) is 15.1. The highest BCUT2D eigenvalue weighted by Crippen LogP contribution is 2.31. The first-order chi connectivity index (χ1) is 13.1. The Morgan fingerprint density at radius 3 is 2.57 bits per heavy atom. The summed E-state index contributed by atoms with van der Waals surface area (Å²) in [6.45, 7) is 8.58. The molecule has 0 N–H and O–H groups in total. The van der Waals surface area contributed by atoms with E-state index < -0.39 is 18.1 Å². The van der Waals surface area contributed by atoms with Crippen molar-refractivity contribution >= 4 is 35.5 Å². The van der Waals surface area contributed by atoms with Crippen molar-refractivity contribution in [2.45, 2.75) is 37.5 Å². The van der Waals surface area contributed by atoms with E-state index in [2.05, 4.69) is 34.6 Å². The molecule has 0 aliphatic heterocycles. The molecule has 0 aliphatic rings. The number of pyridine rings is 1. The zero-order chi connectivity index (χ0) is 20.9. The third-order valence-corrected chi connectivity index (χ3v) is 7.63. The minimum atomic E-state index is -4.10. The van der Waals surface area contributed by atoms with Gasteiger partial charge in [0, 0.05) is 20.9 Å². The Morgan fingerprint density at radius 2 is 1.96 bits per heavy atom. The van der Waals surface area contributed by atoms with E-state index in [4.69, 9.17) is 21.1 Å². The molecule has 0 radical (unpaired) electrons. The van der Waals surface area contributed by atoms with Crippen LogP contribution in [0.2, 0.25) is 30.8 Å². The molecule has 2 heterocycles. The summed E-state index contributed by atoms with van der Waals surface area (Å²) in [4.78, 5) is 12.2. The van der Waals surface area contributed by atoms with E-state index in [0.717, 1.165) is 10.3 Å². The molecule has 2 rings (SSSR count). The molecule has 8 nitrogen and oxygen atoms in total. The number of ether oxygens (including phenoxy) is 2. The maximum Gasteiger partial charge on any atom is 0.270 e. The molecule has 0 saturated carbocycles. The molecule has 2 aromatic heterocycles. The number of sulfonamides is 1. The monoisotopic (exact) mass is 444 g/mol. The summed E-state index contributed by atoms with van der Waals surface area (Å²) in [5.41, 5.74) is 0.594. The van der Waals surface area contributed by atoms with E-state index in [-0.39, 0.29) is 28.5 Å². The number of halogens is 1. The van der Waals surface area contributed by atoms with Crippen LogP contribution in [0.15, 0.2) is 29.4 Å². The molecule has 0 bridgehead atoms. The van der Waals surface area contributed by atoms with E-state index in [1.165, 1.54) is 31.6 Å². The Kier molecular flexibility index (Phi) is 7.37. The molecule has 0 aromatic carbocycles. The second-order valence-electron chi connectivity index (χ2n) is 7.34. The van der Waals surface area contributed by atoms with Crippen molar-refractivity contribution in [1.82, 2.24) is 15.0 Å². The van der Waals surface area contributed by atoms with Gasteiger partial charge in [-0.1, -0.05) is 31.2 Å². The Morgan fingerprint density at radius 1 is 1.25 bits per heavy atom. The molecule has 0 fully saturated rings. The van der Waals surface area contributed by atoms with Crippen LogP contribution < -0.4 is 9.04 Å². The van der Waals surface area contributed by atoms with E-state index >= 15 is 0 Å². The van der Waals surface area contributed by atoms with Gasteiger partial charge in [-0.3, -0.25) is 0 Å². The molecular formula is C17H25ClN4O4SSi. The van der Waals surface area contributed by atoms with Gasteiger partial charge in [0.15, 0.2) is 0 Å². The molecule has 0 saturated heterocycles. The third kappa shape index (κ3) is 5.63. The molecule has 154 valence electrons. The van der Waals surface area contributed by atoms with Crippen LogP contribution in [0.1, 0.15) is 5.69 Å². The summed E-state index contributed by atoms with van der Waals surface area (Å²) in [5, 5.41) is -0.131. The summed E-state index contributed by atoms with van der Waals surface area (Å²) in [5.74, 6) is 0.110. The lowest BCUT2D eigenvalue weighted by Gasteiger charge is -2.25. The number of hydrogen-bond acceptors (Lipinski definition) is 7. The lowest BCUT2D eigenvalue weighted by Crippen LogP contribution is -2.35. The smallest absolute Gasteiger partial charge is 0.270 e. The zero-order valence-corrected chi connectivity index (χ0v) is 19.2. The lowest BCUT2D eigenvalue weighted by molar-refractivity contribution is 0.155. The molecule has 0 aliphatic carbocycles. The number of aromatic nitrogens is 3. The first kappa shape index (κ1) is 22.5. The predicted octanol–water partition coefficient (Wildman–Crippen LogP) is 3.35. The molecule has 2 aromatic rings. The van der Waals surface area contributed by atoms with Crippen molar-refractivity contribution in [2.24, 2.45) is 0 Å². The molecule has 0 amide bonds. The number of methoxy groups -OCH3 is 1. The van der Waals surface area contributed by atoms with Crippen LogP contribution in [0.5, 0.6) is 5.88 Å². The van der Waals surface area contributed by atoms with Crippen molar-refractivity contribution in [3.05, 3.63) is 35.4 Å². The van der Waals surface area contributed by atoms with Gasteiger partial charge in [-0.2, -0.15) is 0 Å². The van der Waals surface area contributed by atoms with Crippen LogP contribution in [-0.4, -0.2) is 51.9 Å². The highest BCUT2D eigenvalue weighted by Gasteiger charge is 2.32. The van der Waals surface area contributed by atoms with Gasteiger partial charge in [0.25, 0.3) is 15.9 Å². The summed E-state index contributed by atoms with van der Waals surface area (Å²) in [6, 6.07) is 3.78. The van der Waals surface area contributed by atoms with Crippen molar-refractivity contribution in [2.75, 3.05) is 24.8 Å². The number of hydrogen-bond donors (Lipinski definition) is 0. The van der Waals surface area contributed by atoms with Gasteiger partial charge in [-0.25, -0.2) is 27.7 Å². The van der Waals surface area contributed by atoms with Gasteiger partial charge in [-0.05, 0) is 25.1 Å². The Hall–Kier alpha value is -1.75. The van der Waals surface area contributed by atoms with Gasteiger partial charge in [0.2, 0.25) is 5.82 Å². The standard InChI is InChI=1S/C17H25ClN4O4SSi/c1-13-11-20-16(17(21-13)25-2)22(12-26-9-10-28(3,4)5)27(23,24)14-7-6-8-19-15(14)18/h6-8,11H,9-10,12H2,1-5H3. The maximum atomic E-state index is 13.3. The number of aryl methyl sites for hydroxylation is 1. The number of anilines is 1. The normalized spacial score (nSPS) is 12.1. The van der Waals surface area contributed by atoms with Crippen LogP contribution in [0.4, 0.5) is 5.82 Å². The average molecular weight is 445 g/mol. The van der Waals surface area contributed by atoms with E-state index in [9.17, 15) is 8.42 Å². The summed E-state index contributed by atoms with van der Waals surface area (Å²) >= 11 is 6.04. The highest BCUT2D eigenvalue weighted by molar-refractivity contribution is 7.93. The van der Waals surface area contributed by atoms with Crippen LogP contribution in [0.25, 0.3) is 0 Å². The van der Waals surface area contributed by atoms with Crippen LogP contribution in [-0.2, 0) is 14.8 Å². The largest absolute Gasteiger partial charge is 0.478 e. The molecule has 0 unspecified atom stereocenters. The number of nitrogens with zero attached hydrogens (tertiary/aromatic N) is 4. The fourth-order valence-corrected chi connectivity index (χ4v) is 4.70. The molecule has 28 heavy (non-hydrogen) atoms. The Bertz CT molecular complexity index is 922. The first-order valence-electron chi connectivity index (χ1n) is 8.65. The average Bonchev–Trinajstić information content (AvgIpc) is 2.61. The summed E-state index contributed by atoms with van der Waals surface area (Å²) < 4.78 is 38.6. The van der Waals surface area contributed by atoms with Crippen LogP contribution >= 0.6 is 11.6 Å². The minimum absolute atomic E-state index is 0.0287. The molecule has 0 spiro atoms. The van der Waals surface area contributed by atoms with Gasteiger partial charge >= 0.3 is 0 Å². The third-order valence-electron chi connectivity index (χ3n) is 3.77. The Balaban J connectivity index is 2.43. The van der Waals surface area contributed by atoms with Gasteiger partial charge in [0.05, 0.1) is 19.0 Å². The summed E-state index contributed by atoms with van der Waals surface area (Å²) in [7, 11) is -4.03. The molecule has 0 atom stereocenters. The quantitative estimate of drug-likeness (QED) is 0.253. The minimum Gasteiger partial charge on any atom is -0.478 e. The fraction of sp³-hybridized carbons (Fsp3) is 0.471. The SMILES string of the molecule is COc1nc(C)cnc1N(COCC[Si](C)(C)C)S(=O)(=O)c1cccnc1Cl. The number of rotatable bonds is 9. The van der Waals surface area contributed by atoms with Crippen LogP contribution in [0.3, 0.4) is 0 Å². The fourth-order valence-electron chi connectivity index (χ4n) is 2.21. The first-order valence-corrected chi connectivity index (χ1v) is 14.2. The van der Waals surface area contributed by atoms with Crippen molar-refractivity contribution in [3.8, 4) is 5.88 Å². The topological polar surface area (TPSA) is 94.5 Å². The van der Waals surface area contributed by atoms with Gasteiger partial charge in [-0.15, -0.1) is 0 Å². The van der Waals surface area contributed by atoms with Crippen molar-refractivity contribution in [1.29, 1.82) is 0 Å². The second kappa shape index (κ2) is 9.16.